The first-order valence-electron chi connectivity index (χ1n) is 2.02. The molecule has 0 aliphatic rings. The van der Waals surface area contributed by atoms with Gasteiger partial charge in [0.2, 0.25) is 0 Å². The lowest BCUT2D eigenvalue weighted by Crippen LogP contribution is -1.36. The maximum atomic E-state index is 3.79. The molecule has 0 heterocycles. The van der Waals surface area contributed by atoms with E-state index in [-0.39, 0.29) is 6.15 Å². The lowest BCUT2D eigenvalue weighted by molar-refractivity contribution is 1.50. The third-order valence-corrected chi connectivity index (χ3v) is 0. The van der Waals surface area contributed by atoms with Gasteiger partial charge in [0.1, 0.15) is 0 Å². The standard InChI is InChI=1S/C2H6S.C2H6.H3N/c1-2-3;1-2;/h3H,2H2,1H3;1-2H3;1H3. The van der Waals surface area contributed by atoms with Crippen LogP contribution in [0.2, 0.25) is 0 Å². The van der Waals surface area contributed by atoms with Crippen molar-refractivity contribution in [2.75, 3.05) is 5.75 Å². The summed E-state index contributed by atoms with van der Waals surface area (Å²) in [7, 11) is 0. The second-order valence-corrected chi connectivity index (χ2v) is 0.949. The van der Waals surface area contributed by atoms with Crippen molar-refractivity contribution >= 4 is 12.6 Å². The molecular weight excluding hydrogens is 94.1 g/mol. The van der Waals surface area contributed by atoms with E-state index in [1.807, 2.05) is 20.8 Å². The molecule has 0 amide bonds. The van der Waals surface area contributed by atoms with Crippen LogP contribution in [0.1, 0.15) is 20.8 Å². The van der Waals surface area contributed by atoms with Gasteiger partial charge in [-0.1, -0.05) is 20.8 Å². The van der Waals surface area contributed by atoms with E-state index in [2.05, 4.69) is 12.6 Å². The number of hydrogen-bond donors (Lipinski definition) is 2. The van der Waals surface area contributed by atoms with E-state index < -0.39 is 0 Å². The monoisotopic (exact) mass is 109 g/mol. The molecule has 0 radical (unpaired) electrons. The summed E-state index contributed by atoms with van der Waals surface area (Å²) in [6, 6.07) is 0. The van der Waals surface area contributed by atoms with E-state index in [9.17, 15) is 0 Å². The molecule has 0 atom stereocenters. The summed E-state index contributed by atoms with van der Waals surface area (Å²) in [4.78, 5) is 0. The topological polar surface area (TPSA) is 35.0 Å². The van der Waals surface area contributed by atoms with E-state index in [0.717, 1.165) is 5.75 Å². The molecule has 0 aromatic carbocycles. The van der Waals surface area contributed by atoms with Crippen molar-refractivity contribution in [3.05, 3.63) is 0 Å². The van der Waals surface area contributed by atoms with E-state index >= 15 is 0 Å². The average molecular weight is 109 g/mol. The number of rotatable bonds is 0. The summed E-state index contributed by atoms with van der Waals surface area (Å²) in [5, 5.41) is 0. The summed E-state index contributed by atoms with van der Waals surface area (Å²) < 4.78 is 0. The Bertz CT molecular complexity index is 7.51. The molecule has 0 aromatic heterocycles. The molecule has 0 spiro atoms. The van der Waals surface area contributed by atoms with Gasteiger partial charge in [0, 0.05) is 0 Å². The van der Waals surface area contributed by atoms with Crippen molar-refractivity contribution in [2.24, 2.45) is 0 Å². The van der Waals surface area contributed by atoms with Crippen LogP contribution in [0, 0.1) is 0 Å². The summed E-state index contributed by atoms with van der Waals surface area (Å²) in [5.41, 5.74) is 0. The van der Waals surface area contributed by atoms with Crippen LogP contribution < -0.4 is 6.15 Å². The molecule has 0 bridgehead atoms. The van der Waals surface area contributed by atoms with E-state index in [0.29, 0.717) is 0 Å². The van der Waals surface area contributed by atoms with Crippen LogP contribution >= 0.6 is 12.6 Å². The van der Waals surface area contributed by atoms with Crippen LogP contribution in [0.15, 0.2) is 0 Å². The second kappa shape index (κ2) is 57.5. The zero-order chi connectivity index (χ0) is 4.71. The van der Waals surface area contributed by atoms with Crippen LogP contribution in [0.25, 0.3) is 0 Å². The Balaban J connectivity index is -0.0000000275. The van der Waals surface area contributed by atoms with Gasteiger partial charge in [0.15, 0.2) is 0 Å². The van der Waals surface area contributed by atoms with Crippen LogP contribution in [0.5, 0.6) is 0 Å². The minimum atomic E-state index is 0. The lowest BCUT2D eigenvalue weighted by atomic mass is 11.0. The largest absolute Gasteiger partial charge is 0.344 e. The van der Waals surface area contributed by atoms with Gasteiger partial charge in [-0.2, -0.15) is 12.6 Å². The third kappa shape index (κ3) is 491. The molecule has 1 nitrogen and oxygen atoms in total. The van der Waals surface area contributed by atoms with Crippen molar-refractivity contribution in [1.82, 2.24) is 6.15 Å². The van der Waals surface area contributed by atoms with Crippen molar-refractivity contribution in [2.45, 2.75) is 20.8 Å². The highest BCUT2D eigenvalue weighted by Crippen LogP contribution is 1.58. The van der Waals surface area contributed by atoms with Gasteiger partial charge < -0.3 is 6.15 Å². The normalized spacial score (nSPS) is 4.00. The van der Waals surface area contributed by atoms with Gasteiger partial charge in [-0.25, -0.2) is 0 Å². The molecule has 0 unspecified atom stereocenters. The molecule has 3 N–H and O–H groups in total. The van der Waals surface area contributed by atoms with Gasteiger partial charge >= 0.3 is 0 Å². The predicted molar refractivity (Wildman–Crippen MR) is 35.9 cm³/mol. The van der Waals surface area contributed by atoms with Gasteiger partial charge in [-0.3, -0.25) is 0 Å². The second-order valence-electron chi connectivity index (χ2n) is 0.316. The summed E-state index contributed by atoms with van der Waals surface area (Å²) in [6.07, 6.45) is 0. The van der Waals surface area contributed by atoms with E-state index in [4.69, 9.17) is 0 Å². The molecule has 0 aromatic rings. The first-order valence-corrected chi connectivity index (χ1v) is 2.66. The lowest BCUT2D eigenvalue weighted by Gasteiger charge is -1.48. The minimum absolute atomic E-state index is 0. The van der Waals surface area contributed by atoms with Crippen molar-refractivity contribution in [3.8, 4) is 0 Å². The zero-order valence-corrected chi connectivity index (χ0v) is 5.76. The zero-order valence-electron chi connectivity index (χ0n) is 4.86. The first-order chi connectivity index (χ1) is 2.41. The molecule has 2 heteroatoms. The first kappa shape index (κ1) is 16.2. The molecule has 0 saturated carbocycles. The Morgan fingerprint density at radius 2 is 1.33 bits per heavy atom. The van der Waals surface area contributed by atoms with Crippen LogP contribution in [-0.2, 0) is 0 Å². The van der Waals surface area contributed by atoms with Gasteiger partial charge in [0.25, 0.3) is 0 Å². The molecule has 0 saturated heterocycles. The smallest absolute Gasteiger partial charge is 0.0126 e. The molecule has 42 valence electrons. The minimum Gasteiger partial charge on any atom is -0.344 e. The Hall–Kier alpha value is 0.310. The maximum Gasteiger partial charge on any atom is -0.0126 e. The highest BCUT2D eigenvalue weighted by molar-refractivity contribution is 7.80. The fourth-order valence-electron chi connectivity index (χ4n) is 0. The Labute approximate surface area is 46.1 Å². The third-order valence-electron chi connectivity index (χ3n) is 0. The molecule has 6 heavy (non-hydrogen) atoms. The quantitative estimate of drug-likeness (QED) is 0.459. The highest BCUT2D eigenvalue weighted by atomic mass is 32.1. The Morgan fingerprint density at radius 3 is 1.33 bits per heavy atom. The molecule has 0 aliphatic heterocycles. The summed E-state index contributed by atoms with van der Waals surface area (Å²) in [6.45, 7) is 5.99. The van der Waals surface area contributed by atoms with Crippen molar-refractivity contribution in [3.63, 3.8) is 0 Å². The van der Waals surface area contributed by atoms with Gasteiger partial charge in [-0.05, 0) is 5.75 Å². The fraction of sp³-hybridized carbons (Fsp3) is 1.00. The number of hydrogen-bond acceptors (Lipinski definition) is 2. The predicted octanol–water partition coefficient (Wildman–Crippen LogP) is 2.12. The molecular formula is C4H15NS. The summed E-state index contributed by atoms with van der Waals surface area (Å²) >= 11 is 3.79. The maximum absolute atomic E-state index is 3.79. The van der Waals surface area contributed by atoms with Crippen LogP contribution in [-0.4, -0.2) is 5.75 Å². The fourth-order valence-corrected chi connectivity index (χ4v) is 0. The summed E-state index contributed by atoms with van der Waals surface area (Å²) in [5.74, 6) is 0.944. The van der Waals surface area contributed by atoms with Crippen molar-refractivity contribution < 1.29 is 0 Å². The SMILES string of the molecule is CC.CCS.N. The van der Waals surface area contributed by atoms with E-state index in [1.54, 1.807) is 0 Å². The van der Waals surface area contributed by atoms with Crippen LogP contribution in [0.3, 0.4) is 0 Å². The molecule has 0 rings (SSSR count). The highest BCUT2D eigenvalue weighted by Gasteiger charge is 1.35. The molecule has 0 fully saturated rings. The van der Waals surface area contributed by atoms with Gasteiger partial charge in [0.05, 0.1) is 0 Å². The average Bonchev–Trinajstić information content (AvgIpc) is 1.46. The van der Waals surface area contributed by atoms with Crippen molar-refractivity contribution in [1.29, 1.82) is 0 Å². The van der Waals surface area contributed by atoms with Crippen LogP contribution in [0.4, 0.5) is 0 Å². The molecule has 0 aliphatic carbocycles. The Kier molecular flexibility index (Phi) is 156. The Morgan fingerprint density at radius 1 is 1.33 bits per heavy atom. The van der Waals surface area contributed by atoms with E-state index in [1.165, 1.54) is 0 Å². The number of thiol groups is 1. The van der Waals surface area contributed by atoms with Gasteiger partial charge in [-0.15, -0.1) is 0 Å².